The molecule has 0 saturated heterocycles. The van der Waals surface area contributed by atoms with Crippen molar-refractivity contribution in [2.24, 2.45) is 0 Å². The van der Waals surface area contributed by atoms with Crippen LogP contribution in [0.25, 0.3) is 0 Å². The van der Waals surface area contributed by atoms with Crippen molar-refractivity contribution in [2.75, 3.05) is 5.73 Å². The van der Waals surface area contributed by atoms with Crippen LogP contribution in [-0.4, -0.2) is 0 Å². The smallest absolute Gasteiger partial charge is 0.145 e. The van der Waals surface area contributed by atoms with Gasteiger partial charge in [-0.2, -0.15) is 0 Å². The van der Waals surface area contributed by atoms with Gasteiger partial charge in [0.05, 0.1) is 5.69 Å². The van der Waals surface area contributed by atoms with Crippen molar-refractivity contribution in [1.29, 1.82) is 0 Å². The maximum Gasteiger partial charge on any atom is 0.145 e. The first kappa shape index (κ1) is 11.5. The Balaban J connectivity index is 2.16. The van der Waals surface area contributed by atoms with Crippen molar-refractivity contribution in [2.45, 2.75) is 13.5 Å². The van der Waals surface area contributed by atoms with E-state index in [0.717, 1.165) is 5.56 Å². The number of rotatable bonds is 3. The molecule has 0 fully saturated rings. The molecule has 2 N–H and O–H groups in total. The Morgan fingerprint density at radius 2 is 1.88 bits per heavy atom. The minimum absolute atomic E-state index is 0.182. The molecule has 2 aromatic rings. The first-order valence-corrected chi connectivity index (χ1v) is 5.40. The first-order valence-electron chi connectivity index (χ1n) is 5.40. The second-order valence-corrected chi connectivity index (χ2v) is 3.87. The van der Waals surface area contributed by atoms with Crippen molar-refractivity contribution in [3.8, 4) is 5.75 Å². The molecule has 0 heterocycles. The van der Waals surface area contributed by atoms with Crippen LogP contribution in [0.15, 0.2) is 42.5 Å². The normalized spacial score (nSPS) is 10.2. The molecule has 0 saturated carbocycles. The molecule has 2 aromatic carbocycles. The van der Waals surface area contributed by atoms with Crippen molar-refractivity contribution in [3.05, 3.63) is 59.4 Å². The van der Waals surface area contributed by atoms with Gasteiger partial charge in [0.15, 0.2) is 0 Å². The molecule has 17 heavy (non-hydrogen) atoms. The van der Waals surface area contributed by atoms with E-state index >= 15 is 0 Å². The zero-order chi connectivity index (χ0) is 12.3. The van der Waals surface area contributed by atoms with Crippen LogP contribution < -0.4 is 10.5 Å². The summed E-state index contributed by atoms with van der Waals surface area (Å²) in [7, 11) is 0. The molecule has 3 heteroatoms. The Morgan fingerprint density at radius 1 is 1.12 bits per heavy atom. The molecule has 0 spiro atoms. The van der Waals surface area contributed by atoms with E-state index in [-0.39, 0.29) is 12.4 Å². The van der Waals surface area contributed by atoms with E-state index in [0.29, 0.717) is 17.0 Å². The summed E-state index contributed by atoms with van der Waals surface area (Å²) in [5.41, 5.74) is 7.84. The van der Waals surface area contributed by atoms with Crippen LogP contribution >= 0.6 is 0 Å². The lowest BCUT2D eigenvalue weighted by atomic mass is 10.2. The van der Waals surface area contributed by atoms with Gasteiger partial charge >= 0.3 is 0 Å². The van der Waals surface area contributed by atoms with Gasteiger partial charge in [0.1, 0.15) is 18.2 Å². The SMILES string of the molecule is Cc1cccc(N)c1OCc1ccccc1F. The number of hydrogen-bond acceptors (Lipinski definition) is 2. The fourth-order valence-electron chi connectivity index (χ4n) is 1.64. The minimum Gasteiger partial charge on any atom is -0.486 e. The predicted molar refractivity (Wildman–Crippen MR) is 66.3 cm³/mol. The standard InChI is InChI=1S/C14H14FNO/c1-10-5-4-8-13(16)14(10)17-9-11-6-2-3-7-12(11)15/h2-8H,9,16H2,1H3. The summed E-state index contributed by atoms with van der Waals surface area (Å²) < 4.78 is 19.0. The Morgan fingerprint density at radius 3 is 2.59 bits per heavy atom. The average molecular weight is 231 g/mol. The van der Waals surface area contributed by atoms with Crippen molar-refractivity contribution < 1.29 is 9.13 Å². The molecule has 0 bridgehead atoms. The molecule has 2 nitrogen and oxygen atoms in total. The van der Waals surface area contributed by atoms with Gasteiger partial charge in [-0.15, -0.1) is 0 Å². The highest BCUT2D eigenvalue weighted by Gasteiger charge is 2.06. The van der Waals surface area contributed by atoms with Crippen LogP contribution in [0.3, 0.4) is 0 Å². The number of benzene rings is 2. The third-order valence-electron chi connectivity index (χ3n) is 2.57. The van der Waals surface area contributed by atoms with Crippen LogP contribution in [0.4, 0.5) is 10.1 Å². The summed E-state index contributed by atoms with van der Waals surface area (Å²) in [6.07, 6.45) is 0. The van der Waals surface area contributed by atoms with Gasteiger partial charge < -0.3 is 10.5 Å². The average Bonchev–Trinajstić information content (AvgIpc) is 2.30. The Labute approximate surface area is 99.8 Å². The summed E-state index contributed by atoms with van der Waals surface area (Å²) in [6, 6.07) is 12.1. The Kier molecular flexibility index (Phi) is 3.28. The van der Waals surface area contributed by atoms with Gasteiger partial charge in [0, 0.05) is 5.56 Å². The highest BCUT2D eigenvalue weighted by molar-refractivity contribution is 5.56. The molecular weight excluding hydrogens is 217 g/mol. The number of nitrogen functional groups attached to an aromatic ring is 1. The highest BCUT2D eigenvalue weighted by Crippen LogP contribution is 2.26. The van der Waals surface area contributed by atoms with Crippen LogP contribution in [0.1, 0.15) is 11.1 Å². The quantitative estimate of drug-likeness (QED) is 0.822. The van der Waals surface area contributed by atoms with Crippen LogP contribution in [0, 0.1) is 12.7 Å². The topological polar surface area (TPSA) is 35.2 Å². The largest absolute Gasteiger partial charge is 0.486 e. The third kappa shape index (κ3) is 2.56. The van der Waals surface area contributed by atoms with Gasteiger partial charge in [-0.1, -0.05) is 30.3 Å². The maximum absolute atomic E-state index is 13.4. The zero-order valence-corrected chi connectivity index (χ0v) is 9.61. The molecule has 0 aliphatic heterocycles. The number of ether oxygens (including phenoxy) is 1. The first-order chi connectivity index (χ1) is 8.18. The summed E-state index contributed by atoms with van der Waals surface area (Å²) >= 11 is 0. The van der Waals surface area contributed by atoms with E-state index in [1.54, 1.807) is 24.3 Å². The van der Waals surface area contributed by atoms with Crippen molar-refractivity contribution in [1.82, 2.24) is 0 Å². The van der Waals surface area contributed by atoms with Gasteiger partial charge in [0.25, 0.3) is 0 Å². The predicted octanol–water partition coefficient (Wildman–Crippen LogP) is 3.30. The Hall–Kier alpha value is -2.03. The lowest BCUT2D eigenvalue weighted by Gasteiger charge is -2.11. The van der Waals surface area contributed by atoms with Crippen LogP contribution in [0.2, 0.25) is 0 Å². The van der Waals surface area contributed by atoms with E-state index in [1.807, 2.05) is 19.1 Å². The van der Waals surface area contributed by atoms with Crippen LogP contribution in [-0.2, 0) is 6.61 Å². The lowest BCUT2D eigenvalue weighted by molar-refractivity contribution is 0.299. The molecule has 0 aromatic heterocycles. The van der Waals surface area contributed by atoms with Gasteiger partial charge in [-0.05, 0) is 24.6 Å². The van der Waals surface area contributed by atoms with E-state index < -0.39 is 0 Å². The number of para-hydroxylation sites is 1. The van der Waals surface area contributed by atoms with E-state index in [9.17, 15) is 4.39 Å². The van der Waals surface area contributed by atoms with E-state index in [4.69, 9.17) is 10.5 Å². The molecule has 2 rings (SSSR count). The Bertz CT molecular complexity index is 505. The van der Waals surface area contributed by atoms with Gasteiger partial charge in [0.2, 0.25) is 0 Å². The molecule has 0 aliphatic carbocycles. The molecule has 0 aliphatic rings. The molecular formula is C14H14FNO. The van der Waals surface area contributed by atoms with Gasteiger partial charge in [-0.25, -0.2) is 4.39 Å². The second kappa shape index (κ2) is 4.87. The molecule has 0 atom stereocenters. The molecule has 88 valence electrons. The third-order valence-corrected chi connectivity index (χ3v) is 2.57. The molecule has 0 amide bonds. The van der Waals surface area contributed by atoms with Crippen molar-refractivity contribution >= 4 is 5.69 Å². The van der Waals surface area contributed by atoms with Crippen molar-refractivity contribution in [3.63, 3.8) is 0 Å². The number of aryl methyl sites for hydroxylation is 1. The summed E-state index contributed by atoms with van der Waals surface area (Å²) in [4.78, 5) is 0. The minimum atomic E-state index is -0.264. The highest BCUT2D eigenvalue weighted by atomic mass is 19.1. The van der Waals surface area contributed by atoms with Gasteiger partial charge in [-0.3, -0.25) is 0 Å². The summed E-state index contributed by atoms with van der Waals surface area (Å²) in [5, 5.41) is 0. The number of nitrogens with two attached hydrogens (primary N) is 1. The molecule has 0 radical (unpaired) electrons. The number of hydrogen-bond donors (Lipinski definition) is 1. The number of halogens is 1. The summed E-state index contributed by atoms with van der Waals surface area (Å²) in [6.45, 7) is 2.09. The fourth-order valence-corrected chi connectivity index (χ4v) is 1.64. The van der Waals surface area contributed by atoms with E-state index in [1.165, 1.54) is 6.07 Å². The van der Waals surface area contributed by atoms with Crippen LogP contribution in [0.5, 0.6) is 5.75 Å². The number of anilines is 1. The fraction of sp³-hybridized carbons (Fsp3) is 0.143. The monoisotopic (exact) mass is 231 g/mol. The van der Waals surface area contributed by atoms with E-state index in [2.05, 4.69) is 0 Å². The zero-order valence-electron chi connectivity index (χ0n) is 9.61. The maximum atomic E-state index is 13.4. The lowest BCUT2D eigenvalue weighted by Crippen LogP contribution is -2.02. The second-order valence-electron chi connectivity index (χ2n) is 3.87. The molecule has 0 unspecified atom stereocenters. The summed E-state index contributed by atoms with van der Waals surface area (Å²) in [5.74, 6) is 0.357.